The molecule has 2 saturated carbocycles. The Morgan fingerprint density at radius 1 is 1.36 bits per heavy atom. The van der Waals surface area contributed by atoms with Gasteiger partial charge in [0.2, 0.25) is 5.91 Å². The molecule has 7 heteroatoms. The van der Waals surface area contributed by atoms with E-state index in [0.717, 1.165) is 42.7 Å². The Balaban J connectivity index is 1.36. The van der Waals surface area contributed by atoms with Gasteiger partial charge in [-0.3, -0.25) is 9.59 Å². The van der Waals surface area contributed by atoms with Crippen molar-refractivity contribution in [1.29, 1.82) is 0 Å². The lowest BCUT2D eigenvalue weighted by Crippen LogP contribution is -2.44. The van der Waals surface area contributed by atoms with Gasteiger partial charge in [0, 0.05) is 22.9 Å². The molecular formula is C26H31BrN2O3S. The van der Waals surface area contributed by atoms with Crippen LogP contribution in [-0.4, -0.2) is 28.6 Å². The number of nitrogens with zero attached hydrogens (tertiary/aromatic N) is 1. The minimum Gasteiger partial charge on any atom is -0.497 e. The molecule has 2 fully saturated rings. The number of benzene rings is 1. The first kappa shape index (κ1) is 23.0. The number of carbonyl (C=O) groups is 2. The number of fused-ring (bicyclic) bond motifs is 5. The van der Waals surface area contributed by atoms with Crippen molar-refractivity contribution in [3.63, 3.8) is 0 Å². The Bertz CT molecular complexity index is 1090. The van der Waals surface area contributed by atoms with E-state index in [1.54, 1.807) is 13.3 Å². The van der Waals surface area contributed by atoms with Gasteiger partial charge in [-0.25, -0.2) is 4.98 Å². The predicted octanol–water partition coefficient (Wildman–Crippen LogP) is 5.90. The number of Topliss-reactive ketones (excluding diaryl/α,β-unsaturated/α-hetero) is 1. The van der Waals surface area contributed by atoms with Crippen molar-refractivity contribution in [2.45, 2.75) is 63.1 Å². The molecule has 5 nitrogen and oxygen atoms in total. The molecule has 1 N–H and O–H groups in total. The number of aromatic nitrogens is 1. The number of thiazole rings is 1. The van der Waals surface area contributed by atoms with Gasteiger partial charge in [-0.15, -0.1) is 11.3 Å². The summed E-state index contributed by atoms with van der Waals surface area (Å²) in [6, 6.07) is 6.51. The number of carbonyl (C=O) groups excluding carboxylic acids is 2. The van der Waals surface area contributed by atoms with Crippen LogP contribution in [0.5, 0.6) is 5.75 Å². The number of ketones is 1. The average molecular weight is 532 g/mol. The summed E-state index contributed by atoms with van der Waals surface area (Å²) < 4.78 is 5.45. The second-order valence-corrected chi connectivity index (χ2v) is 12.4. The Kier molecular flexibility index (Phi) is 6.15. The zero-order valence-electron chi connectivity index (χ0n) is 19.4. The van der Waals surface area contributed by atoms with Crippen LogP contribution < -0.4 is 10.1 Å². The fourth-order valence-corrected chi connectivity index (χ4v) is 8.72. The molecular weight excluding hydrogens is 500 g/mol. The third kappa shape index (κ3) is 3.95. The zero-order valence-corrected chi connectivity index (χ0v) is 21.8. The van der Waals surface area contributed by atoms with Crippen LogP contribution in [0.15, 0.2) is 24.4 Å². The second-order valence-electron chi connectivity index (χ2n) is 10.1. The Hall–Kier alpha value is -1.73. The minimum atomic E-state index is -0.299. The first-order valence-corrected chi connectivity index (χ1v) is 13.6. The van der Waals surface area contributed by atoms with E-state index in [1.807, 2.05) is 6.92 Å². The molecule has 0 saturated heterocycles. The lowest BCUT2D eigenvalue weighted by Gasteiger charge is -2.49. The molecule has 3 aliphatic carbocycles. The number of hydrogen-bond acceptors (Lipinski definition) is 5. The van der Waals surface area contributed by atoms with Gasteiger partial charge in [0.25, 0.3) is 0 Å². The van der Waals surface area contributed by atoms with Crippen LogP contribution in [0.25, 0.3) is 0 Å². The fraction of sp³-hybridized carbons (Fsp3) is 0.577. The third-order valence-electron chi connectivity index (χ3n) is 8.41. The van der Waals surface area contributed by atoms with Gasteiger partial charge in [-0.1, -0.05) is 28.9 Å². The molecule has 2 aromatic rings. The van der Waals surface area contributed by atoms with Crippen molar-refractivity contribution in [3.8, 4) is 5.75 Å². The quantitative estimate of drug-likeness (QED) is 0.488. The van der Waals surface area contributed by atoms with Crippen molar-refractivity contribution < 1.29 is 14.3 Å². The standard InChI is InChI=1S/C26H31BrN2O3S/c1-14-13-28-25(33-14)29-21(30)9-8-20-22-19-6-4-15-12-16(32-3)5-7-17(15)18(19)10-11-26(22,2)24(31)23(20)27/h5,7,12-13,18-20,22-23H,4,6,8-11H2,1-3H3,(H,28,29,30). The second kappa shape index (κ2) is 8.81. The molecule has 176 valence electrons. The SMILES string of the molecule is COc1ccc2c(c1)CCC1C2CCC2(C)C(=O)C(Br)C(CCC(=O)Nc3ncc(C)s3)C12. The summed E-state index contributed by atoms with van der Waals surface area (Å²) in [5, 5.41) is 3.58. The molecule has 0 spiro atoms. The molecule has 0 bridgehead atoms. The number of hydrogen-bond donors (Lipinski definition) is 1. The molecule has 3 aliphatic rings. The summed E-state index contributed by atoms with van der Waals surface area (Å²) in [5.41, 5.74) is 2.54. The number of amides is 1. The van der Waals surface area contributed by atoms with E-state index in [0.29, 0.717) is 35.1 Å². The summed E-state index contributed by atoms with van der Waals surface area (Å²) >= 11 is 5.26. The maximum absolute atomic E-state index is 13.4. The number of aryl methyl sites for hydroxylation is 2. The first-order chi connectivity index (χ1) is 15.8. The number of anilines is 1. The van der Waals surface area contributed by atoms with E-state index < -0.39 is 0 Å². The van der Waals surface area contributed by atoms with Crippen molar-refractivity contribution in [2.75, 3.05) is 12.4 Å². The number of nitrogens with one attached hydrogen (secondary N) is 1. The van der Waals surface area contributed by atoms with E-state index in [2.05, 4.69) is 51.4 Å². The van der Waals surface area contributed by atoms with Crippen LogP contribution in [0.4, 0.5) is 5.13 Å². The highest BCUT2D eigenvalue weighted by Crippen LogP contribution is 2.63. The first-order valence-electron chi connectivity index (χ1n) is 11.9. The number of halogens is 1. The van der Waals surface area contributed by atoms with Crippen molar-refractivity contribution in [3.05, 3.63) is 40.4 Å². The summed E-state index contributed by atoms with van der Waals surface area (Å²) in [5.74, 6) is 2.69. The van der Waals surface area contributed by atoms with Crippen LogP contribution in [0.3, 0.4) is 0 Å². The summed E-state index contributed by atoms with van der Waals surface area (Å²) in [6.07, 6.45) is 7.00. The number of rotatable bonds is 5. The van der Waals surface area contributed by atoms with Crippen molar-refractivity contribution >= 4 is 44.1 Å². The highest BCUT2D eigenvalue weighted by atomic mass is 79.9. The van der Waals surface area contributed by atoms with Gasteiger partial charge >= 0.3 is 0 Å². The molecule has 0 aliphatic heterocycles. The lowest BCUT2D eigenvalue weighted by atomic mass is 9.54. The molecule has 1 aromatic heterocycles. The molecule has 1 amide bonds. The molecule has 1 aromatic carbocycles. The maximum atomic E-state index is 13.4. The van der Waals surface area contributed by atoms with E-state index in [-0.39, 0.29) is 22.1 Å². The van der Waals surface area contributed by atoms with Crippen LogP contribution >= 0.6 is 27.3 Å². The van der Waals surface area contributed by atoms with Crippen molar-refractivity contribution in [2.24, 2.45) is 23.2 Å². The molecule has 33 heavy (non-hydrogen) atoms. The van der Waals surface area contributed by atoms with Gasteiger partial charge in [0.05, 0.1) is 11.9 Å². The molecule has 6 atom stereocenters. The monoisotopic (exact) mass is 530 g/mol. The maximum Gasteiger partial charge on any atom is 0.226 e. The number of methoxy groups -OCH3 is 1. The molecule has 0 radical (unpaired) electrons. The highest BCUT2D eigenvalue weighted by Gasteiger charge is 2.61. The lowest BCUT2D eigenvalue weighted by molar-refractivity contribution is -0.129. The molecule has 6 unspecified atom stereocenters. The van der Waals surface area contributed by atoms with E-state index >= 15 is 0 Å². The van der Waals surface area contributed by atoms with Crippen molar-refractivity contribution in [1.82, 2.24) is 4.98 Å². The highest BCUT2D eigenvalue weighted by molar-refractivity contribution is 9.10. The van der Waals surface area contributed by atoms with Crippen LogP contribution in [0.1, 0.15) is 60.9 Å². The molecule has 1 heterocycles. The van der Waals surface area contributed by atoms with Gasteiger partial charge in [0.15, 0.2) is 10.9 Å². The summed E-state index contributed by atoms with van der Waals surface area (Å²) in [4.78, 5) is 31.2. The Morgan fingerprint density at radius 2 is 2.18 bits per heavy atom. The Labute approximate surface area is 207 Å². The summed E-state index contributed by atoms with van der Waals surface area (Å²) in [7, 11) is 1.72. The normalized spacial score (nSPS) is 32.6. The minimum absolute atomic E-state index is 0.0152. The number of ether oxygens (including phenoxy) is 1. The van der Waals surface area contributed by atoms with E-state index in [1.165, 1.54) is 22.5 Å². The van der Waals surface area contributed by atoms with Crippen LogP contribution in [0, 0.1) is 30.1 Å². The van der Waals surface area contributed by atoms with Gasteiger partial charge in [-0.05, 0) is 86.0 Å². The van der Waals surface area contributed by atoms with Crippen LogP contribution in [0.2, 0.25) is 0 Å². The van der Waals surface area contributed by atoms with Gasteiger partial charge < -0.3 is 10.1 Å². The topological polar surface area (TPSA) is 68.3 Å². The molecule has 5 rings (SSSR count). The average Bonchev–Trinajstić information content (AvgIpc) is 3.30. The zero-order chi connectivity index (χ0) is 23.3. The van der Waals surface area contributed by atoms with E-state index in [4.69, 9.17) is 4.74 Å². The largest absolute Gasteiger partial charge is 0.497 e. The third-order valence-corrected chi connectivity index (χ3v) is 10.3. The van der Waals surface area contributed by atoms with Crippen LogP contribution in [-0.2, 0) is 16.0 Å². The number of alkyl halides is 1. The van der Waals surface area contributed by atoms with Gasteiger partial charge in [0.1, 0.15) is 5.75 Å². The summed E-state index contributed by atoms with van der Waals surface area (Å²) in [6.45, 7) is 4.16. The Morgan fingerprint density at radius 3 is 2.91 bits per heavy atom. The fourth-order valence-electron chi connectivity index (χ4n) is 6.92. The predicted molar refractivity (Wildman–Crippen MR) is 134 cm³/mol. The smallest absolute Gasteiger partial charge is 0.226 e. The van der Waals surface area contributed by atoms with E-state index in [9.17, 15) is 9.59 Å². The van der Waals surface area contributed by atoms with Gasteiger partial charge in [-0.2, -0.15) is 0 Å².